The summed E-state index contributed by atoms with van der Waals surface area (Å²) in [6.07, 6.45) is 9.67. The van der Waals surface area contributed by atoms with Crippen LogP contribution in [0, 0.1) is 11.3 Å². The van der Waals surface area contributed by atoms with E-state index in [2.05, 4.69) is 16.1 Å². The molecule has 7 nitrogen and oxygen atoms in total. The van der Waals surface area contributed by atoms with Gasteiger partial charge >= 0.3 is 0 Å². The third-order valence-electron chi connectivity index (χ3n) is 5.23. The van der Waals surface area contributed by atoms with E-state index in [9.17, 15) is 18.5 Å². The van der Waals surface area contributed by atoms with Crippen LogP contribution in [0.5, 0.6) is 0 Å². The van der Waals surface area contributed by atoms with Crippen LogP contribution < -0.4 is 10.0 Å². The van der Waals surface area contributed by atoms with Crippen molar-refractivity contribution in [3.63, 3.8) is 0 Å². The Kier molecular flexibility index (Phi) is 7.23. The first-order chi connectivity index (χ1) is 11.8. The molecule has 1 amide bonds. The molecule has 1 aliphatic heterocycles. The zero-order valence-electron chi connectivity index (χ0n) is 15.1. The summed E-state index contributed by atoms with van der Waals surface area (Å²) in [6.45, 7) is 1.33. The van der Waals surface area contributed by atoms with Crippen LogP contribution >= 0.6 is 0 Å². The van der Waals surface area contributed by atoms with Gasteiger partial charge in [-0.3, -0.25) is 9.69 Å². The molecule has 1 unspecified atom stereocenters. The first-order valence-corrected chi connectivity index (χ1v) is 11.1. The molecule has 1 saturated heterocycles. The second-order valence-corrected chi connectivity index (χ2v) is 9.23. The van der Waals surface area contributed by atoms with Gasteiger partial charge in [-0.15, -0.1) is 0 Å². The molecule has 1 atom stereocenters. The van der Waals surface area contributed by atoms with E-state index in [1.807, 2.05) is 4.90 Å². The maximum atomic E-state index is 12.6. The van der Waals surface area contributed by atoms with Gasteiger partial charge in [0.25, 0.3) is 0 Å². The van der Waals surface area contributed by atoms with Crippen molar-refractivity contribution in [2.24, 2.45) is 0 Å². The van der Waals surface area contributed by atoms with Crippen LogP contribution in [-0.4, -0.2) is 56.7 Å². The molecule has 1 heterocycles. The lowest BCUT2D eigenvalue weighted by molar-refractivity contribution is -0.124. The molecular formula is C17H30N4O3S. The molecule has 0 aromatic heterocycles. The van der Waals surface area contributed by atoms with E-state index in [-0.39, 0.29) is 18.5 Å². The summed E-state index contributed by atoms with van der Waals surface area (Å²) in [6, 6.07) is 2.37. The molecule has 0 aromatic rings. The fourth-order valence-electron chi connectivity index (χ4n) is 3.83. The topological polar surface area (TPSA) is 102 Å². The largest absolute Gasteiger partial charge is 0.337 e. The van der Waals surface area contributed by atoms with Gasteiger partial charge in [0.2, 0.25) is 15.9 Å². The number of piperidine rings is 1. The van der Waals surface area contributed by atoms with Crippen molar-refractivity contribution in [2.75, 3.05) is 25.9 Å². The van der Waals surface area contributed by atoms with Crippen LogP contribution in [-0.2, 0) is 14.8 Å². The van der Waals surface area contributed by atoms with Crippen LogP contribution in [0.2, 0.25) is 0 Å². The molecule has 142 valence electrons. The van der Waals surface area contributed by atoms with Crippen molar-refractivity contribution in [1.82, 2.24) is 14.9 Å². The van der Waals surface area contributed by atoms with Gasteiger partial charge in [-0.05, 0) is 32.2 Å². The Balaban J connectivity index is 1.93. The van der Waals surface area contributed by atoms with Crippen LogP contribution in [0.15, 0.2) is 0 Å². The number of likely N-dealkylation sites (tertiary alicyclic amines) is 1. The van der Waals surface area contributed by atoms with E-state index >= 15 is 0 Å². The van der Waals surface area contributed by atoms with Crippen molar-refractivity contribution in [2.45, 2.75) is 69.4 Å². The van der Waals surface area contributed by atoms with E-state index in [4.69, 9.17) is 0 Å². The monoisotopic (exact) mass is 370 g/mol. The predicted octanol–water partition coefficient (Wildman–Crippen LogP) is 1.12. The lowest BCUT2D eigenvalue weighted by Gasteiger charge is -2.36. The quantitative estimate of drug-likeness (QED) is 0.682. The zero-order chi connectivity index (χ0) is 18.3. The number of carbonyl (C=O) groups is 1. The highest BCUT2D eigenvalue weighted by atomic mass is 32.2. The van der Waals surface area contributed by atoms with Gasteiger partial charge in [-0.1, -0.05) is 32.1 Å². The SMILES string of the molecule is CS(=O)(=O)NCC1CCCCN1CC(=O)NC1(C#N)CCCCCC1. The van der Waals surface area contributed by atoms with Crippen molar-refractivity contribution in [3.05, 3.63) is 0 Å². The van der Waals surface area contributed by atoms with E-state index in [0.717, 1.165) is 57.7 Å². The maximum absolute atomic E-state index is 12.6. The number of nitrogens with one attached hydrogen (secondary N) is 2. The molecule has 1 aliphatic carbocycles. The third-order valence-corrected chi connectivity index (χ3v) is 5.92. The molecule has 8 heteroatoms. The smallest absolute Gasteiger partial charge is 0.235 e. The summed E-state index contributed by atoms with van der Waals surface area (Å²) >= 11 is 0. The summed E-state index contributed by atoms with van der Waals surface area (Å²) in [5.74, 6) is -0.130. The fraction of sp³-hybridized carbons (Fsp3) is 0.882. The molecule has 2 fully saturated rings. The third kappa shape index (κ3) is 6.57. The zero-order valence-corrected chi connectivity index (χ0v) is 15.9. The number of carbonyl (C=O) groups excluding carboxylic acids is 1. The average molecular weight is 371 g/mol. The molecule has 0 aromatic carbocycles. The first kappa shape index (κ1) is 20.1. The lowest BCUT2D eigenvalue weighted by Crippen LogP contribution is -2.54. The maximum Gasteiger partial charge on any atom is 0.235 e. The second kappa shape index (κ2) is 8.97. The Bertz CT molecular complexity index is 592. The summed E-state index contributed by atoms with van der Waals surface area (Å²) in [5.41, 5.74) is -0.732. The molecule has 2 N–H and O–H groups in total. The van der Waals surface area contributed by atoms with Crippen molar-refractivity contribution >= 4 is 15.9 Å². The molecule has 25 heavy (non-hydrogen) atoms. The normalized spacial score (nSPS) is 24.9. The summed E-state index contributed by atoms with van der Waals surface area (Å²) in [7, 11) is -3.24. The molecule has 0 spiro atoms. The predicted molar refractivity (Wildman–Crippen MR) is 96.2 cm³/mol. The Morgan fingerprint density at radius 1 is 1.20 bits per heavy atom. The number of sulfonamides is 1. The van der Waals surface area contributed by atoms with Gasteiger partial charge in [0.15, 0.2) is 0 Å². The van der Waals surface area contributed by atoms with E-state index in [0.29, 0.717) is 19.4 Å². The number of hydrogen-bond donors (Lipinski definition) is 2. The van der Waals surface area contributed by atoms with Crippen LogP contribution in [0.25, 0.3) is 0 Å². The number of nitrogens with zero attached hydrogens (tertiary/aromatic N) is 2. The van der Waals surface area contributed by atoms with E-state index in [1.165, 1.54) is 0 Å². The fourth-order valence-corrected chi connectivity index (χ4v) is 4.33. The summed E-state index contributed by atoms with van der Waals surface area (Å²) < 4.78 is 25.2. The Morgan fingerprint density at radius 2 is 1.88 bits per heavy atom. The number of rotatable bonds is 6. The molecule has 1 saturated carbocycles. The minimum atomic E-state index is -3.24. The minimum absolute atomic E-state index is 0.0291. The van der Waals surface area contributed by atoms with E-state index < -0.39 is 15.6 Å². The minimum Gasteiger partial charge on any atom is -0.337 e. The molecular weight excluding hydrogens is 340 g/mol. The van der Waals surface area contributed by atoms with E-state index in [1.54, 1.807) is 0 Å². The van der Waals surface area contributed by atoms with Gasteiger partial charge in [0.1, 0.15) is 5.54 Å². The highest BCUT2D eigenvalue weighted by molar-refractivity contribution is 7.88. The van der Waals surface area contributed by atoms with Gasteiger partial charge in [0.05, 0.1) is 18.9 Å². The Hall–Kier alpha value is -1.17. The number of hydrogen-bond acceptors (Lipinski definition) is 5. The van der Waals surface area contributed by atoms with Crippen molar-refractivity contribution < 1.29 is 13.2 Å². The average Bonchev–Trinajstić information content (AvgIpc) is 2.79. The Morgan fingerprint density at radius 3 is 2.48 bits per heavy atom. The summed E-state index contributed by atoms with van der Waals surface area (Å²) in [5, 5.41) is 12.6. The van der Waals surface area contributed by atoms with Crippen LogP contribution in [0.4, 0.5) is 0 Å². The van der Waals surface area contributed by atoms with Crippen molar-refractivity contribution in [3.8, 4) is 6.07 Å². The summed E-state index contributed by atoms with van der Waals surface area (Å²) in [4.78, 5) is 14.6. The van der Waals surface area contributed by atoms with Crippen LogP contribution in [0.3, 0.4) is 0 Å². The second-order valence-electron chi connectivity index (χ2n) is 7.40. The molecule has 0 bridgehead atoms. The number of amides is 1. The van der Waals surface area contributed by atoms with Gasteiger partial charge in [-0.2, -0.15) is 5.26 Å². The number of nitriles is 1. The lowest BCUT2D eigenvalue weighted by atomic mass is 9.92. The van der Waals surface area contributed by atoms with Gasteiger partial charge in [0, 0.05) is 12.6 Å². The molecule has 0 radical (unpaired) electrons. The Labute approximate surface area is 151 Å². The van der Waals surface area contributed by atoms with Gasteiger partial charge in [-0.25, -0.2) is 13.1 Å². The van der Waals surface area contributed by atoms with Crippen molar-refractivity contribution in [1.29, 1.82) is 5.26 Å². The standard InChI is InChI=1S/C17H30N4O3S/c1-25(23,24)19-12-15-8-4-7-11-21(15)13-16(22)20-17(14-18)9-5-2-3-6-10-17/h15,19H,2-13H2,1H3,(H,20,22). The van der Waals surface area contributed by atoms with Gasteiger partial charge < -0.3 is 5.32 Å². The molecule has 2 rings (SSSR count). The highest BCUT2D eigenvalue weighted by Crippen LogP contribution is 2.26. The first-order valence-electron chi connectivity index (χ1n) is 9.24. The highest BCUT2D eigenvalue weighted by Gasteiger charge is 2.33. The van der Waals surface area contributed by atoms with Crippen LogP contribution in [0.1, 0.15) is 57.8 Å². The molecule has 2 aliphatic rings.